The minimum Gasteiger partial charge on any atom is -0.249 e. The molecule has 0 aliphatic heterocycles. The molecule has 0 aliphatic rings. The second-order valence-corrected chi connectivity index (χ2v) is 6.36. The molecule has 0 saturated carbocycles. The van der Waals surface area contributed by atoms with Gasteiger partial charge in [0, 0.05) is 20.4 Å². The van der Waals surface area contributed by atoms with Crippen molar-refractivity contribution in [2.24, 2.45) is 0 Å². The van der Waals surface area contributed by atoms with Gasteiger partial charge in [0.2, 0.25) is 0 Å². The maximum Gasteiger partial charge on any atom is 0.103 e. The summed E-state index contributed by atoms with van der Waals surface area (Å²) in [5.41, 5.74) is 0. The molecule has 1 aromatic carbocycles. The Labute approximate surface area is 112 Å². The Balaban J connectivity index is 1.99. The molecule has 0 fully saturated rings. The van der Waals surface area contributed by atoms with E-state index in [1.54, 1.807) is 0 Å². The first-order valence-electron chi connectivity index (χ1n) is 5.10. The van der Waals surface area contributed by atoms with E-state index in [0.717, 1.165) is 16.6 Å². The highest BCUT2D eigenvalue weighted by Gasteiger charge is 2.03. The number of halogens is 1. The van der Waals surface area contributed by atoms with Gasteiger partial charge in [0.05, 0.1) is 5.75 Å². The lowest BCUT2D eigenvalue weighted by molar-refractivity contribution is 1.16. The minimum atomic E-state index is 0.952. The maximum absolute atomic E-state index is 4.41. The van der Waals surface area contributed by atoms with Crippen LogP contribution in [0.5, 0.6) is 0 Å². The molecule has 0 spiro atoms. The third-order valence-corrected chi connectivity index (χ3v) is 5.50. The molecule has 0 unspecified atom stereocenters. The van der Waals surface area contributed by atoms with Gasteiger partial charge in [-0.1, -0.05) is 19.1 Å². The van der Waals surface area contributed by atoms with Crippen LogP contribution in [0.4, 0.5) is 0 Å². The second-order valence-electron chi connectivity index (χ2n) is 3.29. The van der Waals surface area contributed by atoms with Gasteiger partial charge < -0.3 is 0 Å². The molecule has 1 heterocycles. The molecule has 1 aromatic heterocycles. The molecular formula is C12H12BrNS2. The first-order valence-corrected chi connectivity index (χ1v) is 7.70. The average Bonchev–Trinajstić information content (AvgIpc) is 2.76. The van der Waals surface area contributed by atoms with Crippen LogP contribution in [0.3, 0.4) is 0 Å². The van der Waals surface area contributed by atoms with Crippen molar-refractivity contribution in [1.82, 2.24) is 4.98 Å². The Hall–Kier alpha value is -0.320. The van der Waals surface area contributed by atoms with Crippen LogP contribution in [0.15, 0.2) is 39.8 Å². The predicted octanol–water partition coefficient (Wildman–Crippen LogP) is 4.76. The predicted molar refractivity (Wildman–Crippen MR) is 75.2 cm³/mol. The van der Waals surface area contributed by atoms with Gasteiger partial charge in [-0.25, -0.2) is 4.98 Å². The molecule has 16 heavy (non-hydrogen) atoms. The van der Waals surface area contributed by atoms with Crippen LogP contribution in [0.25, 0.3) is 0 Å². The Bertz CT molecular complexity index is 468. The molecule has 0 bridgehead atoms. The van der Waals surface area contributed by atoms with E-state index < -0.39 is 0 Å². The van der Waals surface area contributed by atoms with E-state index in [-0.39, 0.29) is 0 Å². The number of hydrogen-bond donors (Lipinski definition) is 0. The molecule has 0 radical (unpaired) electrons. The fourth-order valence-corrected chi connectivity index (χ4v) is 3.71. The lowest BCUT2D eigenvalue weighted by Gasteiger charge is -2.01. The van der Waals surface area contributed by atoms with Crippen LogP contribution < -0.4 is 0 Å². The molecule has 2 rings (SSSR count). The first kappa shape index (κ1) is 12.1. The molecule has 2 aromatic rings. The van der Waals surface area contributed by atoms with Gasteiger partial charge in [-0.15, -0.1) is 23.1 Å². The van der Waals surface area contributed by atoms with Gasteiger partial charge >= 0.3 is 0 Å². The molecule has 0 amide bonds. The molecule has 0 saturated heterocycles. The summed E-state index contributed by atoms with van der Waals surface area (Å²) >= 11 is 7.19. The Morgan fingerprint density at radius 1 is 1.38 bits per heavy atom. The highest BCUT2D eigenvalue weighted by Crippen LogP contribution is 2.30. The third-order valence-electron chi connectivity index (χ3n) is 2.14. The van der Waals surface area contributed by atoms with E-state index >= 15 is 0 Å². The normalized spacial score (nSPS) is 10.6. The zero-order valence-electron chi connectivity index (χ0n) is 8.94. The molecule has 4 heteroatoms. The van der Waals surface area contributed by atoms with Crippen molar-refractivity contribution < 1.29 is 0 Å². The summed E-state index contributed by atoms with van der Waals surface area (Å²) in [4.78, 5) is 7.05. The minimum absolute atomic E-state index is 0.952. The molecule has 84 valence electrons. The summed E-state index contributed by atoms with van der Waals surface area (Å²) in [5, 5.41) is 1.21. The van der Waals surface area contributed by atoms with E-state index in [0.29, 0.717) is 0 Å². The van der Waals surface area contributed by atoms with Crippen molar-refractivity contribution in [3.8, 4) is 0 Å². The number of rotatable bonds is 4. The highest BCUT2D eigenvalue weighted by molar-refractivity contribution is 9.10. The molecule has 0 aliphatic carbocycles. The van der Waals surface area contributed by atoms with Gasteiger partial charge in [-0.2, -0.15) is 0 Å². The van der Waals surface area contributed by atoms with E-state index in [1.165, 1.54) is 14.8 Å². The van der Waals surface area contributed by atoms with Crippen LogP contribution in [-0.2, 0) is 12.2 Å². The largest absolute Gasteiger partial charge is 0.249 e. The maximum atomic E-state index is 4.41. The highest BCUT2D eigenvalue weighted by atomic mass is 79.9. The summed E-state index contributed by atoms with van der Waals surface area (Å²) < 4.78 is 1.16. The monoisotopic (exact) mass is 313 g/mol. The molecule has 0 atom stereocenters. The number of aromatic nitrogens is 1. The Morgan fingerprint density at radius 3 is 2.88 bits per heavy atom. The van der Waals surface area contributed by atoms with Crippen molar-refractivity contribution in [3.05, 3.63) is 44.8 Å². The average molecular weight is 314 g/mol. The SMILES string of the molecule is CCc1cnc(CSc2ccccc2Br)s1. The van der Waals surface area contributed by atoms with Crippen LogP contribution in [0.2, 0.25) is 0 Å². The van der Waals surface area contributed by atoms with Crippen molar-refractivity contribution in [1.29, 1.82) is 0 Å². The zero-order valence-corrected chi connectivity index (χ0v) is 12.2. The molecule has 1 nitrogen and oxygen atoms in total. The summed E-state index contributed by atoms with van der Waals surface area (Å²) in [6, 6.07) is 8.30. The summed E-state index contributed by atoms with van der Waals surface area (Å²) in [6.45, 7) is 2.16. The van der Waals surface area contributed by atoms with Crippen LogP contribution in [0.1, 0.15) is 16.8 Å². The smallest absolute Gasteiger partial charge is 0.103 e. The van der Waals surface area contributed by atoms with E-state index in [4.69, 9.17) is 0 Å². The van der Waals surface area contributed by atoms with Gasteiger partial charge in [0.15, 0.2) is 0 Å². The first-order chi connectivity index (χ1) is 7.79. The number of hydrogen-bond acceptors (Lipinski definition) is 3. The lowest BCUT2D eigenvalue weighted by atomic mass is 10.4. The zero-order chi connectivity index (χ0) is 11.4. The number of thioether (sulfide) groups is 1. The van der Waals surface area contributed by atoms with E-state index in [9.17, 15) is 0 Å². The quantitative estimate of drug-likeness (QED) is 0.755. The van der Waals surface area contributed by atoms with Crippen molar-refractivity contribution in [2.45, 2.75) is 24.0 Å². The van der Waals surface area contributed by atoms with E-state index in [2.05, 4.69) is 46.0 Å². The topological polar surface area (TPSA) is 12.9 Å². The Kier molecular flexibility index (Phi) is 4.44. The standard InChI is InChI=1S/C12H12BrNS2/c1-2-9-7-14-12(16-9)8-15-11-6-4-3-5-10(11)13/h3-7H,2,8H2,1H3. The van der Waals surface area contributed by atoms with Gasteiger partial charge in [0.1, 0.15) is 5.01 Å². The van der Waals surface area contributed by atoms with E-state index in [1.807, 2.05) is 35.4 Å². The lowest BCUT2D eigenvalue weighted by Crippen LogP contribution is -1.78. The molecular weight excluding hydrogens is 302 g/mol. The van der Waals surface area contributed by atoms with Crippen molar-refractivity contribution in [3.63, 3.8) is 0 Å². The summed E-state index contributed by atoms with van der Waals surface area (Å²) in [5.74, 6) is 0.952. The van der Waals surface area contributed by atoms with Gasteiger partial charge in [-0.05, 0) is 34.5 Å². The number of thiazole rings is 1. The number of nitrogens with zero attached hydrogens (tertiary/aromatic N) is 1. The summed E-state index contributed by atoms with van der Waals surface area (Å²) in [7, 11) is 0. The van der Waals surface area contributed by atoms with Crippen LogP contribution >= 0.6 is 39.0 Å². The fraction of sp³-hybridized carbons (Fsp3) is 0.250. The second kappa shape index (κ2) is 5.84. The fourth-order valence-electron chi connectivity index (χ4n) is 1.28. The summed E-state index contributed by atoms with van der Waals surface area (Å²) in [6.07, 6.45) is 3.07. The third kappa shape index (κ3) is 3.09. The van der Waals surface area contributed by atoms with Crippen molar-refractivity contribution in [2.75, 3.05) is 0 Å². The Morgan fingerprint density at radius 2 is 2.19 bits per heavy atom. The van der Waals surface area contributed by atoms with Crippen molar-refractivity contribution >= 4 is 39.0 Å². The number of benzene rings is 1. The molecule has 0 N–H and O–H groups in total. The van der Waals surface area contributed by atoms with Gasteiger partial charge in [-0.3, -0.25) is 0 Å². The number of aryl methyl sites for hydroxylation is 1. The van der Waals surface area contributed by atoms with Crippen LogP contribution in [0, 0.1) is 0 Å². The van der Waals surface area contributed by atoms with Gasteiger partial charge in [0.25, 0.3) is 0 Å². The van der Waals surface area contributed by atoms with Crippen LogP contribution in [-0.4, -0.2) is 4.98 Å².